The van der Waals surface area contributed by atoms with Gasteiger partial charge in [-0.2, -0.15) is 0 Å². The van der Waals surface area contributed by atoms with E-state index in [1.54, 1.807) is 11.0 Å². The molecular weight excluding hydrogens is 231 g/mol. The van der Waals surface area contributed by atoms with E-state index in [9.17, 15) is 9.18 Å². The van der Waals surface area contributed by atoms with Crippen LogP contribution in [0.5, 0.6) is 0 Å². The van der Waals surface area contributed by atoms with Crippen LogP contribution in [0, 0.1) is 12.7 Å². The first-order chi connectivity index (χ1) is 8.39. The lowest BCUT2D eigenvalue weighted by Gasteiger charge is -2.39. The Morgan fingerprint density at radius 1 is 1.44 bits per heavy atom. The van der Waals surface area contributed by atoms with Gasteiger partial charge >= 0.3 is 0 Å². The predicted octanol–water partition coefficient (Wildman–Crippen LogP) is 1.96. The second-order valence-corrected chi connectivity index (χ2v) is 5.50. The van der Waals surface area contributed by atoms with Crippen molar-refractivity contribution in [2.45, 2.75) is 26.3 Å². The third-order valence-corrected chi connectivity index (χ3v) is 3.29. The maximum Gasteiger partial charge on any atom is 0.254 e. The van der Waals surface area contributed by atoms with Crippen molar-refractivity contribution in [1.82, 2.24) is 10.2 Å². The molecule has 0 spiro atoms. The smallest absolute Gasteiger partial charge is 0.254 e. The molecule has 1 amide bonds. The summed E-state index contributed by atoms with van der Waals surface area (Å²) in [5.74, 6) is -0.445. The van der Waals surface area contributed by atoms with Gasteiger partial charge in [-0.05, 0) is 38.5 Å². The fraction of sp³-hybridized carbons (Fsp3) is 0.500. The van der Waals surface area contributed by atoms with Crippen molar-refractivity contribution < 1.29 is 9.18 Å². The Morgan fingerprint density at radius 3 is 2.83 bits per heavy atom. The molecule has 3 nitrogen and oxygen atoms in total. The lowest BCUT2D eigenvalue weighted by Crippen LogP contribution is -2.58. The summed E-state index contributed by atoms with van der Waals surface area (Å²) in [6, 6.07) is 4.36. The number of carbonyl (C=O) groups is 1. The van der Waals surface area contributed by atoms with Crippen molar-refractivity contribution in [1.29, 1.82) is 0 Å². The highest BCUT2D eigenvalue weighted by Gasteiger charge is 2.29. The molecule has 2 rings (SSSR count). The number of aryl methyl sites for hydroxylation is 1. The molecule has 0 saturated carbocycles. The second kappa shape index (κ2) is 4.69. The molecular formula is C14H19FN2O. The molecule has 0 bridgehead atoms. The minimum atomic E-state index is -0.363. The molecule has 1 aliphatic heterocycles. The maximum absolute atomic E-state index is 13.2. The van der Waals surface area contributed by atoms with E-state index in [0.717, 1.165) is 12.1 Å². The molecule has 1 saturated heterocycles. The van der Waals surface area contributed by atoms with Gasteiger partial charge in [0.25, 0.3) is 5.91 Å². The summed E-state index contributed by atoms with van der Waals surface area (Å²) in [6.45, 7) is 8.03. The van der Waals surface area contributed by atoms with Crippen molar-refractivity contribution in [2.24, 2.45) is 0 Å². The third-order valence-electron chi connectivity index (χ3n) is 3.29. The zero-order valence-electron chi connectivity index (χ0n) is 11.1. The van der Waals surface area contributed by atoms with Crippen LogP contribution in [0.1, 0.15) is 29.8 Å². The summed E-state index contributed by atoms with van der Waals surface area (Å²) in [7, 11) is 0. The topological polar surface area (TPSA) is 32.3 Å². The van der Waals surface area contributed by atoms with Crippen LogP contribution in [-0.2, 0) is 0 Å². The van der Waals surface area contributed by atoms with Crippen LogP contribution in [0.2, 0.25) is 0 Å². The average Bonchev–Trinajstić information content (AvgIpc) is 2.30. The third kappa shape index (κ3) is 2.70. The van der Waals surface area contributed by atoms with E-state index in [1.165, 1.54) is 12.1 Å². The Hall–Kier alpha value is -1.42. The van der Waals surface area contributed by atoms with Crippen LogP contribution in [0.3, 0.4) is 0 Å². The number of nitrogens with one attached hydrogen (secondary N) is 1. The highest BCUT2D eigenvalue weighted by atomic mass is 19.1. The molecule has 0 aliphatic carbocycles. The summed E-state index contributed by atoms with van der Waals surface area (Å²) in [5, 5.41) is 3.35. The minimum absolute atomic E-state index is 0.0819. The molecule has 4 heteroatoms. The number of nitrogens with zero attached hydrogens (tertiary/aromatic N) is 1. The van der Waals surface area contributed by atoms with E-state index in [0.29, 0.717) is 18.7 Å². The monoisotopic (exact) mass is 250 g/mol. The van der Waals surface area contributed by atoms with Crippen molar-refractivity contribution in [3.63, 3.8) is 0 Å². The van der Waals surface area contributed by atoms with Gasteiger partial charge in [0, 0.05) is 30.7 Å². The molecule has 1 fully saturated rings. The highest BCUT2D eigenvalue weighted by Crippen LogP contribution is 2.17. The standard InChI is InChI=1S/C14H19FN2O/c1-10-4-5-11(15)8-12(10)13(18)17-7-6-16-14(2,3)9-17/h4-5,8,16H,6-7,9H2,1-3H3. The molecule has 1 aromatic rings. The van der Waals surface area contributed by atoms with Gasteiger partial charge in [0.2, 0.25) is 0 Å². The summed E-state index contributed by atoms with van der Waals surface area (Å²) in [5.41, 5.74) is 1.19. The Balaban J connectivity index is 2.23. The molecule has 18 heavy (non-hydrogen) atoms. The van der Waals surface area contributed by atoms with Gasteiger partial charge in [-0.15, -0.1) is 0 Å². The first-order valence-corrected chi connectivity index (χ1v) is 6.19. The van der Waals surface area contributed by atoms with Gasteiger partial charge in [-0.25, -0.2) is 4.39 Å². The fourth-order valence-corrected chi connectivity index (χ4v) is 2.31. The molecule has 1 aromatic carbocycles. The van der Waals surface area contributed by atoms with Gasteiger partial charge in [-0.1, -0.05) is 6.07 Å². The van der Waals surface area contributed by atoms with Crippen molar-refractivity contribution in [3.05, 3.63) is 35.1 Å². The summed E-state index contributed by atoms with van der Waals surface area (Å²) in [6.07, 6.45) is 0. The fourth-order valence-electron chi connectivity index (χ4n) is 2.31. The van der Waals surface area contributed by atoms with Gasteiger partial charge < -0.3 is 10.2 Å². The van der Waals surface area contributed by atoms with E-state index in [1.807, 2.05) is 6.92 Å². The van der Waals surface area contributed by atoms with Gasteiger partial charge in [0.05, 0.1) is 0 Å². The van der Waals surface area contributed by atoms with Crippen LogP contribution in [-0.4, -0.2) is 36.0 Å². The number of rotatable bonds is 1. The number of hydrogen-bond acceptors (Lipinski definition) is 2. The average molecular weight is 250 g/mol. The van der Waals surface area contributed by atoms with Gasteiger partial charge in [-0.3, -0.25) is 4.79 Å². The predicted molar refractivity (Wildman–Crippen MR) is 69.1 cm³/mol. The van der Waals surface area contributed by atoms with Crippen molar-refractivity contribution >= 4 is 5.91 Å². The van der Waals surface area contributed by atoms with E-state index < -0.39 is 0 Å². The Labute approximate surface area is 107 Å². The van der Waals surface area contributed by atoms with Crippen molar-refractivity contribution in [2.75, 3.05) is 19.6 Å². The zero-order valence-corrected chi connectivity index (χ0v) is 11.1. The quantitative estimate of drug-likeness (QED) is 0.826. The SMILES string of the molecule is Cc1ccc(F)cc1C(=O)N1CCNC(C)(C)C1. The number of benzene rings is 1. The van der Waals surface area contributed by atoms with Gasteiger partial charge in [0.1, 0.15) is 5.82 Å². The van der Waals surface area contributed by atoms with Crippen LogP contribution in [0.4, 0.5) is 4.39 Å². The highest BCUT2D eigenvalue weighted by molar-refractivity contribution is 5.95. The number of hydrogen-bond donors (Lipinski definition) is 1. The maximum atomic E-state index is 13.2. The Bertz CT molecular complexity index is 471. The molecule has 1 aliphatic rings. The summed E-state index contributed by atoms with van der Waals surface area (Å²) >= 11 is 0. The normalized spacial score (nSPS) is 18.8. The van der Waals surface area contributed by atoms with Crippen LogP contribution in [0.15, 0.2) is 18.2 Å². The zero-order chi connectivity index (χ0) is 13.3. The van der Waals surface area contributed by atoms with Crippen LogP contribution in [0.25, 0.3) is 0 Å². The van der Waals surface area contributed by atoms with E-state index in [4.69, 9.17) is 0 Å². The lowest BCUT2D eigenvalue weighted by atomic mass is 10.0. The minimum Gasteiger partial charge on any atom is -0.336 e. The van der Waals surface area contributed by atoms with Crippen LogP contribution >= 0.6 is 0 Å². The Kier molecular flexibility index (Phi) is 3.39. The van der Waals surface area contributed by atoms with Crippen molar-refractivity contribution in [3.8, 4) is 0 Å². The summed E-state index contributed by atoms with van der Waals surface area (Å²) in [4.78, 5) is 14.2. The number of halogens is 1. The number of piperazine rings is 1. The number of amides is 1. The lowest BCUT2D eigenvalue weighted by molar-refractivity contribution is 0.0651. The Morgan fingerprint density at radius 2 is 2.17 bits per heavy atom. The molecule has 0 radical (unpaired) electrons. The first kappa shape index (κ1) is 13.0. The molecule has 0 aromatic heterocycles. The molecule has 1 N–H and O–H groups in total. The largest absolute Gasteiger partial charge is 0.336 e. The second-order valence-electron chi connectivity index (χ2n) is 5.50. The number of carbonyl (C=O) groups excluding carboxylic acids is 1. The molecule has 1 heterocycles. The molecule has 0 unspecified atom stereocenters. The van der Waals surface area contributed by atoms with E-state index in [-0.39, 0.29) is 17.3 Å². The summed E-state index contributed by atoms with van der Waals surface area (Å²) < 4.78 is 13.2. The first-order valence-electron chi connectivity index (χ1n) is 6.19. The van der Waals surface area contributed by atoms with Crippen LogP contribution < -0.4 is 5.32 Å². The molecule has 0 atom stereocenters. The van der Waals surface area contributed by atoms with Gasteiger partial charge in [0.15, 0.2) is 0 Å². The molecule has 98 valence electrons. The van der Waals surface area contributed by atoms with E-state index >= 15 is 0 Å². The van der Waals surface area contributed by atoms with E-state index in [2.05, 4.69) is 19.2 Å².